The molecule has 0 amide bonds. The van der Waals surface area contributed by atoms with E-state index in [2.05, 4.69) is 11.8 Å². The van der Waals surface area contributed by atoms with E-state index < -0.39 is 23.8 Å². The van der Waals surface area contributed by atoms with Crippen molar-refractivity contribution in [3.63, 3.8) is 0 Å². The zero-order valence-corrected chi connectivity index (χ0v) is 19.8. The molecule has 2 N–H and O–H groups in total. The number of Topliss-reactive ketones (excluding diaryl/α,β-unsaturated/α-hetero) is 1. The molecule has 1 aromatic heterocycles. The Morgan fingerprint density at radius 1 is 1.19 bits per heavy atom. The van der Waals surface area contributed by atoms with Crippen molar-refractivity contribution in [1.29, 1.82) is 0 Å². The molecular weight excluding hydrogens is 451 g/mol. The molecule has 32 heavy (non-hydrogen) atoms. The van der Waals surface area contributed by atoms with Crippen LogP contribution in [-0.4, -0.2) is 28.1 Å². The summed E-state index contributed by atoms with van der Waals surface area (Å²) in [6.07, 6.45) is 1.79. The summed E-state index contributed by atoms with van der Waals surface area (Å²) < 4.78 is 14.1. The fraction of sp³-hybridized carbons (Fsp3) is 0.440. The van der Waals surface area contributed by atoms with Crippen LogP contribution in [0.15, 0.2) is 24.3 Å². The third-order valence-corrected chi connectivity index (χ3v) is 6.91. The number of rotatable bonds is 5. The number of thiophene rings is 1. The highest BCUT2D eigenvalue weighted by Crippen LogP contribution is 2.42. The van der Waals surface area contributed by atoms with Gasteiger partial charge in [0.1, 0.15) is 10.7 Å². The molecule has 1 aliphatic carbocycles. The number of aromatic carboxylic acids is 1. The van der Waals surface area contributed by atoms with Crippen molar-refractivity contribution in [2.45, 2.75) is 58.5 Å². The highest BCUT2D eigenvalue weighted by molar-refractivity contribution is 7.14. The standard InChI is InChI=1S/C25H26ClFO4S/c1-25(2,3)11-10-17-13-18(23(32-17)24(30)31)21(14-4-7-16(28)8-5-14)22(29)15-6-9-19(26)20(27)12-15/h6,9,12-14,16,21,28H,4-5,7-8H2,1-3H3,(H,30,31). The largest absolute Gasteiger partial charge is 0.477 e. The molecule has 1 heterocycles. The van der Waals surface area contributed by atoms with Crippen LogP contribution in [0.2, 0.25) is 5.02 Å². The van der Waals surface area contributed by atoms with Crippen molar-refractivity contribution in [2.24, 2.45) is 11.3 Å². The predicted octanol–water partition coefficient (Wildman–Crippen LogP) is 6.15. The van der Waals surface area contributed by atoms with Crippen LogP contribution < -0.4 is 0 Å². The van der Waals surface area contributed by atoms with Gasteiger partial charge in [-0.05, 0) is 82.2 Å². The first-order valence-corrected chi connectivity index (χ1v) is 11.7. The van der Waals surface area contributed by atoms with Crippen molar-refractivity contribution in [3.8, 4) is 11.8 Å². The Morgan fingerprint density at radius 3 is 2.41 bits per heavy atom. The van der Waals surface area contributed by atoms with E-state index in [0.29, 0.717) is 36.1 Å². The van der Waals surface area contributed by atoms with Gasteiger partial charge in [-0.3, -0.25) is 4.79 Å². The van der Waals surface area contributed by atoms with E-state index in [0.717, 1.165) is 17.4 Å². The molecule has 0 saturated heterocycles. The molecular formula is C25H26ClFO4S. The normalized spacial score (nSPS) is 19.7. The molecule has 170 valence electrons. The van der Waals surface area contributed by atoms with E-state index in [1.807, 2.05) is 20.8 Å². The molecule has 3 rings (SSSR count). The number of carbonyl (C=O) groups is 2. The van der Waals surface area contributed by atoms with Gasteiger partial charge in [0.15, 0.2) is 5.78 Å². The molecule has 0 spiro atoms. The van der Waals surface area contributed by atoms with Crippen LogP contribution in [0.3, 0.4) is 0 Å². The molecule has 1 unspecified atom stereocenters. The van der Waals surface area contributed by atoms with E-state index in [9.17, 15) is 24.2 Å². The molecule has 4 nitrogen and oxygen atoms in total. The summed E-state index contributed by atoms with van der Waals surface area (Å²) in [5.74, 6) is 3.04. The first-order valence-electron chi connectivity index (χ1n) is 10.5. The Labute approximate surface area is 196 Å². The van der Waals surface area contributed by atoms with Crippen molar-refractivity contribution in [2.75, 3.05) is 0 Å². The van der Waals surface area contributed by atoms with Gasteiger partial charge in [0.25, 0.3) is 0 Å². The summed E-state index contributed by atoms with van der Waals surface area (Å²) in [6.45, 7) is 5.88. The van der Waals surface area contributed by atoms with Crippen molar-refractivity contribution < 1.29 is 24.2 Å². The van der Waals surface area contributed by atoms with E-state index in [1.165, 1.54) is 12.1 Å². The summed E-state index contributed by atoms with van der Waals surface area (Å²) in [4.78, 5) is 26.3. The average molecular weight is 477 g/mol. The fourth-order valence-electron chi connectivity index (χ4n) is 3.99. The molecule has 0 aliphatic heterocycles. The number of benzene rings is 1. The Hall–Kier alpha value is -2.20. The molecule has 1 aliphatic rings. The quantitative estimate of drug-likeness (QED) is 0.400. The summed E-state index contributed by atoms with van der Waals surface area (Å²) in [5.41, 5.74) is 0.290. The van der Waals surface area contributed by atoms with E-state index in [-0.39, 0.29) is 32.6 Å². The second-order valence-corrected chi connectivity index (χ2v) is 10.7. The van der Waals surface area contributed by atoms with Crippen molar-refractivity contribution in [3.05, 3.63) is 56.0 Å². The topological polar surface area (TPSA) is 74.6 Å². The number of carboxylic acids is 1. The van der Waals surface area contributed by atoms with Crippen LogP contribution in [0.4, 0.5) is 4.39 Å². The molecule has 0 bridgehead atoms. The molecule has 1 atom stereocenters. The van der Waals surface area contributed by atoms with Gasteiger partial charge >= 0.3 is 5.97 Å². The zero-order chi connectivity index (χ0) is 23.6. The van der Waals surface area contributed by atoms with Crippen LogP contribution in [0, 0.1) is 29.0 Å². The minimum Gasteiger partial charge on any atom is -0.477 e. The Kier molecular flexibility index (Phi) is 7.44. The lowest BCUT2D eigenvalue weighted by atomic mass is 9.73. The van der Waals surface area contributed by atoms with Crippen LogP contribution in [0.1, 0.15) is 82.8 Å². The Bertz CT molecular complexity index is 1080. The fourth-order valence-corrected chi connectivity index (χ4v) is 5.00. The lowest BCUT2D eigenvalue weighted by molar-refractivity contribution is 0.0696. The molecule has 1 aromatic carbocycles. The summed E-state index contributed by atoms with van der Waals surface area (Å²) in [7, 11) is 0. The number of carboxylic acid groups (broad SMARTS) is 1. The third kappa shape index (κ3) is 5.78. The van der Waals surface area contributed by atoms with Gasteiger partial charge in [0, 0.05) is 11.0 Å². The maximum Gasteiger partial charge on any atom is 0.346 e. The van der Waals surface area contributed by atoms with Gasteiger partial charge in [-0.1, -0.05) is 23.4 Å². The number of halogens is 2. The SMILES string of the molecule is CC(C)(C)C#Cc1cc(C(C(=O)c2ccc(Cl)c(F)c2)C2CCC(O)CC2)c(C(=O)O)s1. The van der Waals surface area contributed by atoms with Crippen LogP contribution in [-0.2, 0) is 0 Å². The number of hydrogen-bond acceptors (Lipinski definition) is 4. The molecule has 1 saturated carbocycles. The maximum atomic E-state index is 14.1. The number of hydrogen-bond donors (Lipinski definition) is 2. The summed E-state index contributed by atoms with van der Waals surface area (Å²) >= 11 is 6.83. The second-order valence-electron chi connectivity index (χ2n) is 9.24. The van der Waals surface area contributed by atoms with Crippen LogP contribution >= 0.6 is 22.9 Å². The predicted molar refractivity (Wildman–Crippen MR) is 124 cm³/mol. The highest BCUT2D eigenvalue weighted by atomic mass is 35.5. The Morgan fingerprint density at radius 2 is 1.84 bits per heavy atom. The first-order chi connectivity index (χ1) is 15.0. The van der Waals surface area contributed by atoms with Gasteiger partial charge in [-0.25, -0.2) is 9.18 Å². The Balaban J connectivity index is 2.11. The van der Waals surface area contributed by atoms with Gasteiger partial charge in [0.05, 0.1) is 21.9 Å². The number of carbonyl (C=O) groups excluding carboxylic acids is 1. The molecule has 7 heteroatoms. The minimum atomic E-state index is -1.12. The number of aliphatic hydroxyl groups is 1. The van der Waals surface area contributed by atoms with Crippen LogP contribution in [0.25, 0.3) is 0 Å². The monoisotopic (exact) mass is 476 g/mol. The molecule has 1 fully saturated rings. The second kappa shape index (κ2) is 9.74. The maximum absolute atomic E-state index is 14.1. The third-order valence-electron chi connectivity index (χ3n) is 5.55. The average Bonchev–Trinajstić information content (AvgIpc) is 3.14. The van der Waals surface area contributed by atoms with Gasteiger partial charge in [-0.2, -0.15) is 0 Å². The summed E-state index contributed by atoms with van der Waals surface area (Å²) in [6, 6.07) is 5.58. The zero-order valence-electron chi connectivity index (χ0n) is 18.2. The van der Waals surface area contributed by atoms with Gasteiger partial charge < -0.3 is 10.2 Å². The van der Waals surface area contributed by atoms with Crippen molar-refractivity contribution in [1.82, 2.24) is 0 Å². The van der Waals surface area contributed by atoms with Crippen LogP contribution in [0.5, 0.6) is 0 Å². The minimum absolute atomic E-state index is 0.0714. The smallest absolute Gasteiger partial charge is 0.346 e. The summed E-state index contributed by atoms with van der Waals surface area (Å²) in [5, 5.41) is 19.7. The van der Waals surface area contributed by atoms with E-state index in [1.54, 1.807) is 6.07 Å². The van der Waals surface area contributed by atoms with Gasteiger partial charge in [0.2, 0.25) is 0 Å². The van der Waals surface area contributed by atoms with E-state index >= 15 is 0 Å². The number of aliphatic hydroxyl groups excluding tert-OH is 1. The van der Waals surface area contributed by atoms with Crippen molar-refractivity contribution >= 4 is 34.7 Å². The highest BCUT2D eigenvalue weighted by Gasteiger charge is 2.37. The lowest BCUT2D eigenvalue weighted by Crippen LogP contribution is -2.28. The van der Waals surface area contributed by atoms with Gasteiger partial charge in [-0.15, -0.1) is 11.3 Å². The molecule has 0 radical (unpaired) electrons. The van der Waals surface area contributed by atoms with E-state index in [4.69, 9.17) is 11.6 Å². The molecule has 2 aromatic rings. The first kappa shape index (κ1) is 24.4. The number of ketones is 1. The lowest BCUT2D eigenvalue weighted by Gasteiger charge is -2.31.